The smallest absolute Gasteiger partial charge is 0.0783 e. The van der Waals surface area contributed by atoms with E-state index in [2.05, 4.69) is 33.4 Å². The molecule has 0 saturated carbocycles. The Balaban J connectivity index is 1.82. The second kappa shape index (κ2) is 6.79. The van der Waals surface area contributed by atoms with Gasteiger partial charge in [-0.15, -0.1) is 0 Å². The fourth-order valence-electron chi connectivity index (χ4n) is 3.64. The number of hydrogen-bond acceptors (Lipinski definition) is 3. The number of ether oxygens (including phenoxy) is 1. The van der Waals surface area contributed by atoms with Gasteiger partial charge in [-0.2, -0.15) is 11.8 Å². The van der Waals surface area contributed by atoms with Crippen molar-refractivity contribution in [2.24, 2.45) is 5.92 Å². The van der Waals surface area contributed by atoms with Crippen molar-refractivity contribution in [2.75, 3.05) is 25.2 Å². The van der Waals surface area contributed by atoms with Crippen LogP contribution in [0.15, 0.2) is 22.7 Å². The minimum Gasteiger partial charge on any atom is -0.374 e. The van der Waals surface area contributed by atoms with Crippen LogP contribution in [0.3, 0.4) is 0 Å². The second-order valence-corrected chi connectivity index (χ2v) is 8.51. The molecule has 1 N–H and O–H groups in total. The molecule has 2 nitrogen and oxygen atoms in total. The summed E-state index contributed by atoms with van der Waals surface area (Å²) < 4.78 is 7.20. The monoisotopic (exact) mass is 389 g/mol. The predicted octanol–water partition coefficient (Wildman–Crippen LogP) is 4.67. The van der Waals surface area contributed by atoms with Crippen LogP contribution in [-0.2, 0) is 4.74 Å². The summed E-state index contributed by atoms with van der Waals surface area (Å²) in [5, 5.41) is 4.30. The van der Waals surface area contributed by atoms with Gasteiger partial charge >= 0.3 is 0 Å². The number of halogens is 2. The van der Waals surface area contributed by atoms with Gasteiger partial charge in [-0.1, -0.05) is 27.5 Å². The molecule has 1 aromatic rings. The summed E-state index contributed by atoms with van der Waals surface area (Å²) in [4.78, 5) is 0. The quantitative estimate of drug-likeness (QED) is 0.810. The fraction of sp³-hybridized carbons (Fsp3) is 0.625. The molecule has 3 atom stereocenters. The lowest BCUT2D eigenvalue weighted by Gasteiger charge is -2.41. The van der Waals surface area contributed by atoms with Crippen molar-refractivity contribution in [2.45, 2.75) is 30.9 Å². The summed E-state index contributed by atoms with van der Waals surface area (Å²) >= 11 is 11.8. The van der Waals surface area contributed by atoms with Gasteiger partial charge in [0.2, 0.25) is 0 Å². The van der Waals surface area contributed by atoms with Crippen molar-refractivity contribution in [3.63, 3.8) is 0 Å². The maximum Gasteiger partial charge on any atom is 0.0783 e. The SMILES string of the molecule is CNC(c1cc(Cl)cc(Br)c1)C1CCOC2(CCSC2)C1. The summed E-state index contributed by atoms with van der Waals surface area (Å²) in [6, 6.07) is 6.54. The molecule has 0 aliphatic carbocycles. The van der Waals surface area contributed by atoms with Crippen LogP contribution in [-0.4, -0.2) is 30.8 Å². The van der Waals surface area contributed by atoms with Gasteiger partial charge in [0.15, 0.2) is 0 Å². The molecular weight excluding hydrogens is 370 g/mol. The molecule has 2 aliphatic rings. The highest BCUT2D eigenvalue weighted by Gasteiger charge is 2.42. The number of hydrogen-bond donors (Lipinski definition) is 1. The third-order valence-corrected chi connectivity index (χ3v) is 6.52. The number of nitrogens with one attached hydrogen (secondary N) is 1. The molecule has 116 valence electrons. The second-order valence-electron chi connectivity index (χ2n) is 6.06. The van der Waals surface area contributed by atoms with Crippen molar-refractivity contribution < 1.29 is 4.74 Å². The van der Waals surface area contributed by atoms with E-state index < -0.39 is 0 Å². The highest BCUT2D eigenvalue weighted by molar-refractivity contribution is 9.10. The Morgan fingerprint density at radius 1 is 1.48 bits per heavy atom. The molecule has 0 aromatic heterocycles. The van der Waals surface area contributed by atoms with Crippen LogP contribution in [0.5, 0.6) is 0 Å². The zero-order valence-electron chi connectivity index (χ0n) is 12.2. The van der Waals surface area contributed by atoms with Crippen molar-refractivity contribution in [1.82, 2.24) is 5.32 Å². The molecular formula is C16H21BrClNOS. The normalized spacial score (nSPS) is 30.7. The minimum atomic E-state index is 0.124. The van der Waals surface area contributed by atoms with Gasteiger partial charge < -0.3 is 10.1 Å². The number of benzene rings is 1. The first-order valence-electron chi connectivity index (χ1n) is 7.47. The van der Waals surface area contributed by atoms with E-state index in [1.165, 1.54) is 17.7 Å². The van der Waals surface area contributed by atoms with Crippen LogP contribution in [0, 0.1) is 5.92 Å². The molecule has 2 saturated heterocycles. The first-order valence-corrected chi connectivity index (χ1v) is 9.79. The van der Waals surface area contributed by atoms with Gasteiger partial charge in [0.25, 0.3) is 0 Å². The Hall–Kier alpha value is 0.260. The topological polar surface area (TPSA) is 21.3 Å². The number of thioether (sulfide) groups is 1. The molecule has 2 fully saturated rings. The lowest BCUT2D eigenvalue weighted by atomic mass is 9.79. The Labute approximate surface area is 144 Å². The zero-order chi connectivity index (χ0) is 14.9. The summed E-state index contributed by atoms with van der Waals surface area (Å²) in [5.41, 5.74) is 1.39. The zero-order valence-corrected chi connectivity index (χ0v) is 15.4. The van der Waals surface area contributed by atoms with Crippen LogP contribution in [0.2, 0.25) is 5.02 Å². The van der Waals surface area contributed by atoms with E-state index >= 15 is 0 Å². The summed E-state index contributed by atoms with van der Waals surface area (Å²) in [5.74, 6) is 2.99. The first-order chi connectivity index (χ1) is 10.1. The number of rotatable bonds is 3. The molecule has 21 heavy (non-hydrogen) atoms. The van der Waals surface area contributed by atoms with E-state index in [4.69, 9.17) is 16.3 Å². The van der Waals surface area contributed by atoms with Gasteiger partial charge in [0.1, 0.15) is 0 Å². The lowest BCUT2D eigenvalue weighted by Crippen LogP contribution is -2.43. The Bertz CT molecular complexity index is 487. The van der Waals surface area contributed by atoms with Gasteiger partial charge in [0, 0.05) is 27.9 Å². The highest BCUT2D eigenvalue weighted by Crippen LogP contribution is 2.44. The van der Waals surface area contributed by atoms with Crippen molar-refractivity contribution in [3.05, 3.63) is 33.3 Å². The summed E-state index contributed by atoms with van der Waals surface area (Å²) in [7, 11) is 2.05. The molecule has 2 aliphatic heterocycles. The van der Waals surface area contributed by atoms with Gasteiger partial charge in [-0.25, -0.2) is 0 Å². The third kappa shape index (κ3) is 3.61. The van der Waals surface area contributed by atoms with Crippen LogP contribution >= 0.6 is 39.3 Å². The van der Waals surface area contributed by atoms with E-state index in [0.717, 1.165) is 34.7 Å². The van der Waals surface area contributed by atoms with Crippen LogP contribution in [0.1, 0.15) is 30.9 Å². The fourth-order valence-corrected chi connectivity index (χ4v) is 5.91. The standard InChI is InChI=1S/C16H21BrClNOS/c1-19-15(12-6-13(17)8-14(18)7-12)11-2-4-20-16(9-11)3-5-21-10-16/h6-8,11,15,19H,2-5,9-10H2,1H3. The van der Waals surface area contributed by atoms with Crippen LogP contribution in [0.4, 0.5) is 0 Å². The van der Waals surface area contributed by atoms with Crippen LogP contribution < -0.4 is 5.32 Å². The Kier molecular flexibility index (Phi) is 5.22. The molecule has 5 heteroatoms. The molecule has 2 heterocycles. The minimum absolute atomic E-state index is 0.124. The first kappa shape index (κ1) is 16.1. The molecule has 0 radical (unpaired) electrons. The molecule has 1 spiro atoms. The van der Waals surface area contributed by atoms with Crippen molar-refractivity contribution >= 4 is 39.3 Å². The van der Waals surface area contributed by atoms with E-state index in [9.17, 15) is 0 Å². The van der Waals surface area contributed by atoms with Gasteiger partial charge in [-0.05, 0) is 61.7 Å². The van der Waals surface area contributed by atoms with E-state index in [1.54, 1.807) is 0 Å². The molecule has 0 amide bonds. The largest absolute Gasteiger partial charge is 0.374 e. The lowest BCUT2D eigenvalue weighted by molar-refractivity contribution is -0.0850. The van der Waals surface area contributed by atoms with E-state index in [1.807, 2.05) is 24.9 Å². The average Bonchev–Trinajstić information content (AvgIpc) is 2.86. The Morgan fingerprint density at radius 2 is 2.33 bits per heavy atom. The average molecular weight is 391 g/mol. The molecule has 0 bridgehead atoms. The van der Waals surface area contributed by atoms with Gasteiger partial charge in [0.05, 0.1) is 5.60 Å². The maximum atomic E-state index is 6.22. The van der Waals surface area contributed by atoms with Gasteiger partial charge in [-0.3, -0.25) is 0 Å². The molecule has 1 aromatic carbocycles. The summed E-state index contributed by atoms with van der Waals surface area (Å²) in [6.07, 6.45) is 3.46. The summed E-state index contributed by atoms with van der Waals surface area (Å²) in [6.45, 7) is 0.880. The van der Waals surface area contributed by atoms with Crippen LogP contribution in [0.25, 0.3) is 0 Å². The maximum absolute atomic E-state index is 6.22. The third-order valence-electron chi connectivity index (χ3n) is 4.62. The van der Waals surface area contributed by atoms with E-state index in [-0.39, 0.29) is 5.60 Å². The van der Waals surface area contributed by atoms with E-state index in [0.29, 0.717) is 12.0 Å². The molecule has 3 unspecified atom stereocenters. The highest BCUT2D eigenvalue weighted by atomic mass is 79.9. The van der Waals surface area contributed by atoms with Crippen molar-refractivity contribution in [1.29, 1.82) is 0 Å². The van der Waals surface area contributed by atoms with Crippen molar-refractivity contribution in [3.8, 4) is 0 Å². The Morgan fingerprint density at radius 3 is 3.00 bits per heavy atom. The molecule has 3 rings (SSSR count). The predicted molar refractivity (Wildman–Crippen MR) is 94.3 cm³/mol.